The van der Waals surface area contributed by atoms with Gasteiger partial charge < -0.3 is 11.1 Å². The van der Waals surface area contributed by atoms with Crippen LogP contribution in [0.1, 0.15) is 44.1 Å². The molecule has 0 spiro atoms. The number of primary sulfonamides is 1. The van der Waals surface area contributed by atoms with E-state index in [-0.39, 0.29) is 4.90 Å². The summed E-state index contributed by atoms with van der Waals surface area (Å²) in [4.78, 5) is 4.48. The second-order valence-electron chi connectivity index (χ2n) is 6.04. The molecule has 128 valence electrons. The van der Waals surface area contributed by atoms with Crippen molar-refractivity contribution in [2.24, 2.45) is 15.9 Å². The maximum atomic E-state index is 11.2. The summed E-state index contributed by atoms with van der Waals surface area (Å²) in [6.07, 6.45) is 8.14. The number of rotatable bonds is 5. The first kappa shape index (κ1) is 17.7. The lowest BCUT2D eigenvalue weighted by Crippen LogP contribution is -2.40. The van der Waals surface area contributed by atoms with Crippen molar-refractivity contribution in [3.8, 4) is 0 Å². The zero-order valence-corrected chi connectivity index (χ0v) is 14.2. The molecule has 23 heavy (non-hydrogen) atoms. The van der Waals surface area contributed by atoms with Crippen LogP contribution in [0.3, 0.4) is 0 Å². The van der Waals surface area contributed by atoms with Crippen LogP contribution in [0, 0.1) is 0 Å². The van der Waals surface area contributed by atoms with Gasteiger partial charge >= 0.3 is 0 Å². The molecule has 0 aromatic heterocycles. The van der Waals surface area contributed by atoms with Gasteiger partial charge in [0.05, 0.1) is 4.90 Å². The van der Waals surface area contributed by atoms with Crippen molar-refractivity contribution >= 4 is 16.0 Å². The highest BCUT2D eigenvalue weighted by Crippen LogP contribution is 2.17. The Bertz CT molecular complexity index is 618. The maximum Gasteiger partial charge on any atom is 0.238 e. The highest BCUT2D eigenvalue weighted by Gasteiger charge is 2.12. The SMILES string of the molecule is NC(=NCCc1ccc(S(N)(=O)=O)cc1)NC1CCCCCC1. The largest absolute Gasteiger partial charge is 0.370 e. The van der Waals surface area contributed by atoms with Crippen LogP contribution in [-0.4, -0.2) is 27.0 Å². The number of hydrogen-bond donors (Lipinski definition) is 3. The van der Waals surface area contributed by atoms with Crippen LogP contribution >= 0.6 is 0 Å². The highest BCUT2D eigenvalue weighted by molar-refractivity contribution is 7.89. The normalized spacial score (nSPS) is 17.7. The predicted octanol–water partition coefficient (Wildman–Crippen LogP) is 1.50. The molecule has 0 saturated heterocycles. The Labute approximate surface area is 138 Å². The van der Waals surface area contributed by atoms with Gasteiger partial charge in [0.15, 0.2) is 5.96 Å². The van der Waals surface area contributed by atoms with Gasteiger partial charge in [0, 0.05) is 12.6 Å². The van der Waals surface area contributed by atoms with Crippen LogP contribution < -0.4 is 16.2 Å². The first-order valence-corrected chi connectivity index (χ1v) is 9.68. The first-order chi connectivity index (χ1) is 10.9. The van der Waals surface area contributed by atoms with Crippen molar-refractivity contribution in [1.29, 1.82) is 0 Å². The maximum absolute atomic E-state index is 11.2. The average molecular weight is 338 g/mol. The van der Waals surface area contributed by atoms with E-state index in [1.54, 1.807) is 12.1 Å². The fourth-order valence-corrected chi connectivity index (χ4v) is 3.35. The van der Waals surface area contributed by atoms with Gasteiger partial charge in [-0.1, -0.05) is 37.8 Å². The highest BCUT2D eigenvalue weighted by atomic mass is 32.2. The van der Waals surface area contributed by atoms with Gasteiger partial charge in [0.2, 0.25) is 10.0 Å². The topological polar surface area (TPSA) is 111 Å². The number of nitrogens with two attached hydrogens (primary N) is 2. The van der Waals surface area contributed by atoms with Crippen LogP contribution in [0.4, 0.5) is 0 Å². The molecule has 1 fully saturated rings. The minimum absolute atomic E-state index is 0.124. The molecule has 1 aliphatic rings. The number of benzene rings is 1. The summed E-state index contributed by atoms with van der Waals surface area (Å²) in [5.74, 6) is 0.498. The molecular weight excluding hydrogens is 312 g/mol. The summed E-state index contributed by atoms with van der Waals surface area (Å²) in [5.41, 5.74) is 6.95. The van der Waals surface area contributed by atoms with Gasteiger partial charge in [0.1, 0.15) is 0 Å². The van der Waals surface area contributed by atoms with E-state index in [1.165, 1.54) is 37.8 Å². The van der Waals surface area contributed by atoms with Gasteiger partial charge in [-0.05, 0) is 37.0 Å². The lowest BCUT2D eigenvalue weighted by molar-refractivity contribution is 0.530. The number of aliphatic imine (C=N–C) groups is 1. The minimum Gasteiger partial charge on any atom is -0.370 e. The van der Waals surface area contributed by atoms with Crippen molar-refractivity contribution in [3.63, 3.8) is 0 Å². The van der Waals surface area contributed by atoms with Crippen LogP contribution in [0.5, 0.6) is 0 Å². The summed E-state index contributed by atoms with van der Waals surface area (Å²) in [6, 6.07) is 6.98. The molecule has 1 aromatic carbocycles. The molecule has 1 saturated carbocycles. The Morgan fingerprint density at radius 2 is 1.74 bits per heavy atom. The minimum atomic E-state index is -3.63. The van der Waals surface area contributed by atoms with Gasteiger partial charge in [-0.3, -0.25) is 4.99 Å². The molecule has 0 bridgehead atoms. The summed E-state index contributed by atoms with van der Waals surface area (Å²) in [7, 11) is -3.63. The zero-order valence-electron chi connectivity index (χ0n) is 13.4. The third-order valence-electron chi connectivity index (χ3n) is 4.14. The Morgan fingerprint density at radius 3 is 2.30 bits per heavy atom. The lowest BCUT2D eigenvalue weighted by atomic mass is 10.1. The number of sulfonamides is 1. The number of hydrogen-bond acceptors (Lipinski definition) is 3. The Hall–Kier alpha value is -1.60. The molecule has 1 aromatic rings. The van der Waals surface area contributed by atoms with Crippen LogP contribution in [0.25, 0.3) is 0 Å². The van der Waals surface area contributed by atoms with Crippen LogP contribution in [-0.2, 0) is 16.4 Å². The molecule has 0 amide bonds. The standard InChI is InChI=1S/C16H26N4O2S/c17-16(20-14-5-3-1-2-4-6-14)19-12-11-13-7-9-15(10-8-13)23(18,21)22/h7-10,14H,1-6,11-12H2,(H3,17,19,20)(H2,18,21,22). The van der Waals surface area contributed by atoms with Gasteiger partial charge in [-0.2, -0.15) is 0 Å². The summed E-state index contributed by atoms with van der Waals surface area (Å²) >= 11 is 0. The fraction of sp³-hybridized carbons (Fsp3) is 0.562. The van der Waals surface area contributed by atoms with Gasteiger partial charge in [-0.15, -0.1) is 0 Å². The third kappa shape index (κ3) is 6.19. The van der Waals surface area contributed by atoms with Crippen molar-refractivity contribution < 1.29 is 8.42 Å². The summed E-state index contributed by atoms with van der Waals surface area (Å²) < 4.78 is 22.4. The Morgan fingerprint density at radius 1 is 1.13 bits per heavy atom. The molecular formula is C16H26N4O2S. The van der Waals surface area contributed by atoms with Crippen molar-refractivity contribution in [3.05, 3.63) is 29.8 Å². The van der Waals surface area contributed by atoms with E-state index in [1.807, 2.05) is 0 Å². The molecule has 1 aliphatic carbocycles. The van der Waals surface area contributed by atoms with E-state index in [2.05, 4.69) is 10.3 Å². The fourth-order valence-electron chi connectivity index (χ4n) is 2.83. The molecule has 5 N–H and O–H groups in total. The molecule has 2 rings (SSSR count). The van der Waals surface area contributed by atoms with Crippen molar-refractivity contribution in [2.75, 3.05) is 6.54 Å². The van der Waals surface area contributed by atoms with E-state index in [0.29, 0.717) is 25.0 Å². The Balaban J connectivity index is 1.80. The summed E-state index contributed by atoms with van der Waals surface area (Å²) in [5, 5.41) is 8.38. The average Bonchev–Trinajstić information content (AvgIpc) is 2.75. The predicted molar refractivity (Wildman–Crippen MR) is 92.6 cm³/mol. The zero-order chi connectivity index (χ0) is 16.7. The molecule has 0 aliphatic heterocycles. The number of nitrogens with zero attached hydrogens (tertiary/aromatic N) is 1. The van der Waals surface area contributed by atoms with E-state index in [9.17, 15) is 8.42 Å². The second-order valence-corrected chi connectivity index (χ2v) is 7.60. The van der Waals surface area contributed by atoms with Crippen molar-refractivity contribution in [1.82, 2.24) is 5.32 Å². The van der Waals surface area contributed by atoms with Crippen LogP contribution in [0.15, 0.2) is 34.2 Å². The van der Waals surface area contributed by atoms with E-state index < -0.39 is 10.0 Å². The quantitative estimate of drug-likeness (QED) is 0.429. The second kappa shape index (κ2) is 8.31. The smallest absolute Gasteiger partial charge is 0.238 e. The Kier molecular flexibility index (Phi) is 6.41. The monoisotopic (exact) mass is 338 g/mol. The first-order valence-electron chi connectivity index (χ1n) is 8.13. The molecule has 7 heteroatoms. The molecule has 0 heterocycles. The molecule has 0 unspecified atom stereocenters. The van der Waals surface area contributed by atoms with Gasteiger partial charge in [0.25, 0.3) is 0 Å². The number of nitrogens with one attached hydrogen (secondary N) is 1. The van der Waals surface area contributed by atoms with Crippen LogP contribution in [0.2, 0.25) is 0 Å². The summed E-state index contributed by atoms with van der Waals surface area (Å²) in [6.45, 7) is 0.570. The molecule has 0 radical (unpaired) electrons. The number of guanidine groups is 1. The van der Waals surface area contributed by atoms with E-state index >= 15 is 0 Å². The lowest BCUT2D eigenvalue weighted by Gasteiger charge is -2.16. The van der Waals surface area contributed by atoms with E-state index in [4.69, 9.17) is 10.9 Å². The molecule has 0 atom stereocenters. The molecule has 6 nitrogen and oxygen atoms in total. The van der Waals surface area contributed by atoms with E-state index in [0.717, 1.165) is 18.4 Å². The van der Waals surface area contributed by atoms with Crippen molar-refractivity contribution in [2.45, 2.75) is 55.9 Å². The third-order valence-corrected chi connectivity index (χ3v) is 5.07. The van der Waals surface area contributed by atoms with Gasteiger partial charge in [-0.25, -0.2) is 13.6 Å².